The van der Waals surface area contributed by atoms with Gasteiger partial charge >= 0.3 is 0 Å². The number of nitrogens with two attached hydrogens (primary N) is 2. The van der Waals surface area contributed by atoms with Crippen LogP contribution in [0, 0.1) is 6.92 Å². The Kier molecular flexibility index (Phi) is 12.8. The maximum Gasteiger partial charge on any atom is 0.0538 e. The van der Waals surface area contributed by atoms with Crippen molar-refractivity contribution >= 4 is 48.9 Å². The summed E-state index contributed by atoms with van der Waals surface area (Å²) in [5, 5.41) is 8.89. The second kappa shape index (κ2) is 18.4. The van der Waals surface area contributed by atoms with Gasteiger partial charge in [0.2, 0.25) is 0 Å². The van der Waals surface area contributed by atoms with E-state index in [9.17, 15) is 0 Å². The van der Waals surface area contributed by atoms with Gasteiger partial charge in [-0.25, -0.2) is 0 Å². The molecule has 0 saturated heterocycles. The molecule has 8 aromatic carbocycles. The Balaban J connectivity index is 0.000000269. The normalized spacial score (nSPS) is 10.5. The second-order valence-electron chi connectivity index (χ2n) is 13.4. The molecule has 0 spiro atoms. The Morgan fingerprint density at radius 1 is 0.527 bits per heavy atom. The lowest BCUT2D eigenvalue weighted by molar-refractivity contribution is 0.875. The maximum absolute atomic E-state index is 5.76. The number of hydrogen-bond acceptors (Lipinski definition) is 2. The van der Waals surface area contributed by atoms with Crippen LogP contribution in [0.3, 0.4) is 0 Å². The lowest BCUT2D eigenvalue weighted by Crippen LogP contribution is -2.04. The van der Waals surface area contributed by atoms with E-state index in [1.165, 1.54) is 77.7 Å². The average molecular weight is 718 g/mol. The van der Waals surface area contributed by atoms with Crippen molar-refractivity contribution in [3.05, 3.63) is 217 Å². The Hall–Kier alpha value is -6.58. The molecular weight excluding hydrogens is 667 g/mol. The van der Waals surface area contributed by atoms with Crippen LogP contribution in [-0.4, -0.2) is 4.57 Å². The van der Waals surface area contributed by atoms with E-state index < -0.39 is 0 Å². The van der Waals surface area contributed by atoms with Crippen LogP contribution < -0.4 is 11.5 Å². The van der Waals surface area contributed by atoms with E-state index in [1.54, 1.807) is 0 Å². The van der Waals surface area contributed by atoms with Gasteiger partial charge in [-0.2, -0.15) is 0 Å². The van der Waals surface area contributed by atoms with Crippen molar-refractivity contribution < 1.29 is 0 Å². The van der Waals surface area contributed by atoms with Crippen LogP contribution in [0.4, 0.5) is 5.69 Å². The van der Waals surface area contributed by atoms with Crippen molar-refractivity contribution in [2.75, 3.05) is 5.73 Å². The zero-order chi connectivity index (χ0) is 38.6. The number of hydrogen-bond donors (Lipinski definition) is 2. The number of aromatic nitrogens is 1. The highest BCUT2D eigenvalue weighted by atomic mass is 15.0. The van der Waals surface area contributed by atoms with Crippen LogP contribution >= 0.6 is 0 Å². The van der Waals surface area contributed by atoms with E-state index in [4.69, 9.17) is 5.73 Å². The van der Waals surface area contributed by atoms with Gasteiger partial charge in [0.25, 0.3) is 0 Å². The molecule has 4 N–H and O–H groups in total. The molecule has 1 heterocycles. The average Bonchev–Trinajstić information content (AvgIpc) is 3.61. The molecule has 1 aromatic heterocycles. The number of nitrogen functional groups attached to an aromatic ring is 1. The summed E-state index contributed by atoms with van der Waals surface area (Å²) in [6, 6.07) is 63.0. The van der Waals surface area contributed by atoms with Crippen molar-refractivity contribution in [2.45, 2.75) is 40.0 Å². The molecule has 0 bridgehead atoms. The van der Waals surface area contributed by atoms with Gasteiger partial charge < -0.3 is 16.0 Å². The molecule has 0 atom stereocenters. The van der Waals surface area contributed by atoms with E-state index >= 15 is 0 Å². The fourth-order valence-electron chi connectivity index (χ4n) is 7.40. The van der Waals surface area contributed by atoms with Crippen molar-refractivity contribution in [3.63, 3.8) is 0 Å². The molecule has 0 unspecified atom stereocenters. The first-order valence-corrected chi connectivity index (χ1v) is 19.2. The smallest absolute Gasteiger partial charge is 0.0538 e. The topological polar surface area (TPSA) is 57.0 Å². The van der Waals surface area contributed by atoms with E-state index in [2.05, 4.69) is 169 Å². The van der Waals surface area contributed by atoms with E-state index in [-0.39, 0.29) is 0 Å². The van der Waals surface area contributed by atoms with Crippen LogP contribution in [0.5, 0.6) is 0 Å². The predicted molar refractivity (Wildman–Crippen MR) is 240 cm³/mol. The minimum atomic E-state index is 0.850. The maximum atomic E-state index is 5.76. The number of aryl methyl sites for hydroxylation is 3. The summed E-state index contributed by atoms with van der Waals surface area (Å²) in [5.41, 5.74) is 20.6. The molecule has 9 aromatic rings. The summed E-state index contributed by atoms with van der Waals surface area (Å²) in [6.45, 7) is 9.36. The fraction of sp³-hybridized carbons (Fsp3) is 0.115. The van der Waals surface area contributed by atoms with Crippen LogP contribution in [0.1, 0.15) is 41.8 Å². The van der Waals surface area contributed by atoms with Crippen molar-refractivity contribution in [2.24, 2.45) is 5.73 Å². The summed E-state index contributed by atoms with van der Waals surface area (Å²) >= 11 is 0. The van der Waals surface area contributed by atoms with Crippen LogP contribution in [0.15, 0.2) is 189 Å². The Bertz CT molecular complexity index is 2640. The molecule has 0 radical (unpaired) electrons. The van der Waals surface area contributed by atoms with Gasteiger partial charge in [0.1, 0.15) is 0 Å². The standard InChI is InChI=1S/C38H31N.C10H9N.C2H5N.C2H6/c1-27-11-5-6-14-29(27)19-22-32-26-36-33-16-8-7-15-30(33)20-23-38(36)39(32)37-24-21-31(25-28-12-3-2-4-13-28)34-17-9-10-18-35(34)37;11-10-7-3-5-8-4-1-2-6-9(8)10;1-2-3;1-2/h2-18,20-21,23-24,26H,19,22,25H2,1H3;1-7H,11H2;2H,1,3H2;1-2H3. The third kappa shape index (κ3) is 8.64. The van der Waals surface area contributed by atoms with E-state index in [0.29, 0.717) is 0 Å². The van der Waals surface area contributed by atoms with Gasteiger partial charge in [-0.3, -0.25) is 0 Å². The number of fused-ring (bicyclic) bond motifs is 5. The summed E-state index contributed by atoms with van der Waals surface area (Å²) < 4.78 is 2.52. The molecule has 0 amide bonds. The van der Waals surface area contributed by atoms with Crippen LogP contribution in [0.2, 0.25) is 0 Å². The van der Waals surface area contributed by atoms with Crippen molar-refractivity contribution in [3.8, 4) is 5.69 Å². The molecular formula is C52H51N3. The Labute approximate surface area is 326 Å². The number of nitrogens with zero attached hydrogens (tertiary/aromatic N) is 1. The Morgan fingerprint density at radius 2 is 1.11 bits per heavy atom. The predicted octanol–water partition coefficient (Wildman–Crippen LogP) is 13.2. The molecule has 9 rings (SSSR count). The highest BCUT2D eigenvalue weighted by molar-refractivity contribution is 6.08. The van der Waals surface area contributed by atoms with Gasteiger partial charge in [-0.1, -0.05) is 172 Å². The number of anilines is 1. The van der Waals surface area contributed by atoms with E-state index in [0.717, 1.165) is 30.3 Å². The van der Waals surface area contributed by atoms with Crippen LogP contribution in [0.25, 0.3) is 48.9 Å². The van der Waals surface area contributed by atoms with Crippen molar-refractivity contribution in [1.29, 1.82) is 0 Å². The second-order valence-corrected chi connectivity index (χ2v) is 13.4. The summed E-state index contributed by atoms with van der Waals surface area (Å²) in [6.07, 6.45) is 4.18. The zero-order valence-corrected chi connectivity index (χ0v) is 32.3. The minimum absolute atomic E-state index is 0.850. The van der Waals surface area contributed by atoms with Crippen LogP contribution in [-0.2, 0) is 19.3 Å². The zero-order valence-electron chi connectivity index (χ0n) is 32.3. The lowest BCUT2D eigenvalue weighted by atomic mass is 9.97. The number of rotatable bonds is 6. The quantitative estimate of drug-likeness (QED) is 0.168. The third-order valence-electron chi connectivity index (χ3n) is 9.99. The first-order chi connectivity index (χ1) is 27.1. The molecule has 0 saturated carbocycles. The van der Waals surface area contributed by atoms with Crippen molar-refractivity contribution in [1.82, 2.24) is 4.57 Å². The molecule has 0 fully saturated rings. The summed E-state index contributed by atoms with van der Waals surface area (Å²) in [7, 11) is 0. The number of benzene rings is 8. The summed E-state index contributed by atoms with van der Waals surface area (Å²) in [4.78, 5) is 0. The fourth-order valence-corrected chi connectivity index (χ4v) is 7.40. The molecule has 55 heavy (non-hydrogen) atoms. The van der Waals surface area contributed by atoms with E-state index in [1.807, 2.05) is 44.2 Å². The first kappa shape index (κ1) is 38.2. The SMILES string of the molecule is C=CN.CC.Cc1ccccc1CCc1cc2c3ccccc3ccc2n1-c1ccc(Cc2ccccc2)c2ccccc12.Nc1cccc2ccccc12. The molecule has 274 valence electrons. The molecule has 3 heteroatoms. The third-order valence-corrected chi connectivity index (χ3v) is 9.99. The summed E-state index contributed by atoms with van der Waals surface area (Å²) in [5.74, 6) is 0. The molecule has 0 aliphatic rings. The highest BCUT2D eigenvalue weighted by Gasteiger charge is 2.16. The van der Waals surface area contributed by atoms with Gasteiger partial charge in [-0.05, 0) is 100 Å². The highest BCUT2D eigenvalue weighted by Crippen LogP contribution is 2.35. The first-order valence-electron chi connectivity index (χ1n) is 19.2. The largest absolute Gasteiger partial charge is 0.405 e. The van der Waals surface area contributed by atoms with Gasteiger partial charge in [0.05, 0.1) is 11.2 Å². The lowest BCUT2D eigenvalue weighted by Gasteiger charge is -2.17. The van der Waals surface area contributed by atoms with Gasteiger partial charge in [0.15, 0.2) is 0 Å². The Morgan fingerprint density at radius 3 is 1.82 bits per heavy atom. The molecule has 0 aliphatic heterocycles. The molecule has 3 nitrogen and oxygen atoms in total. The minimum Gasteiger partial charge on any atom is -0.405 e. The monoisotopic (exact) mass is 717 g/mol. The van der Waals surface area contributed by atoms with Gasteiger partial charge in [-0.15, -0.1) is 0 Å². The molecule has 0 aliphatic carbocycles. The van der Waals surface area contributed by atoms with Gasteiger partial charge in [0, 0.05) is 27.5 Å².